The Kier molecular flexibility index (Phi) is 8.90. The van der Waals surface area contributed by atoms with Gasteiger partial charge in [-0.3, -0.25) is 0 Å². The van der Waals surface area contributed by atoms with Crippen LogP contribution in [0.25, 0.3) is 0 Å². The molecular formula is C18H12Cl3O3SiV. The van der Waals surface area contributed by atoms with Gasteiger partial charge in [-0.05, 0) is 0 Å². The molecule has 0 radical (unpaired) electrons. The summed E-state index contributed by atoms with van der Waals surface area (Å²) in [5.74, 6) is 0. The van der Waals surface area contributed by atoms with E-state index in [1.165, 1.54) is 0 Å². The average molecular weight is 462 g/mol. The predicted molar refractivity (Wildman–Crippen MR) is 101 cm³/mol. The maximum Gasteiger partial charge on any atom is -2.00 e. The Hall–Kier alpha value is -0.789. The first-order valence-electron chi connectivity index (χ1n) is 7.17. The third-order valence-electron chi connectivity index (χ3n) is 3.89. The molecular weight excluding hydrogens is 450 g/mol. The predicted octanol–water partition coefficient (Wildman–Crippen LogP) is 3.85. The Morgan fingerprint density at radius 1 is 0.538 bits per heavy atom. The summed E-state index contributed by atoms with van der Waals surface area (Å²) in [5.41, 5.74) is 0. The van der Waals surface area contributed by atoms with E-state index in [9.17, 15) is 0 Å². The van der Waals surface area contributed by atoms with Gasteiger partial charge in [0, 0.05) is 0 Å². The summed E-state index contributed by atoms with van der Waals surface area (Å²) in [6.45, 7) is 0. The molecule has 0 spiro atoms. The number of hydrogen-bond donors (Lipinski definition) is 0. The van der Waals surface area contributed by atoms with Crippen molar-refractivity contribution >= 4 is 58.7 Å². The molecule has 3 aromatic carbocycles. The molecule has 0 aliphatic heterocycles. The molecule has 0 bridgehead atoms. The first kappa shape index (κ1) is 23.3. The van der Waals surface area contributed by atoms with Crippen molar-refractivity contribution < 1.29 is 32.1 Å². The van der Waals surface area contributed by atoms with Crippen molar-refractivity contribution in [2.24, 2.45) is 0 Å². The van der Waals surface area contributed by atoms with Crippen molar-refractivity contribution in [1.29, 1.82) is 0 Å². The van der Waals surface area contributed by atoms with E-state index in [0.29, 0.717) is 15.1 Å². The van der Waals surface area contributed by atoms with Crippen LogP contribution in [-0.2, 0) is 32.1 Å². The Morgan fingerprint density at radius 2 is 0.769 bits per heavy atom. The van der Waals surface area contributed by atoms with Crippen molar-refractivity contribution in [3.05, 3.63) is 87.9 Å². The van der Waals surface area contributed by atoms with Crippen LogP contribution in [0.3, 0.4) is 0 Å². The molecule has 0 aromatic heterocycles. The van der Waals surface area contributed by atoms with Gasteiger partial charge in [-0.1, -0.05) is 0 Å². The SMILES string of the molecule is Clc1ccc([Si]([O][V+4])(c2ccc(Cl)cc2)c2ccc(Cl)cc2)cc1.[O-2].[O-2]. The van der Waals surface area contributed by atoms with E-state index in [1.54, 1.807) is 0 Å². The van der Waals surface area contributed by atoms with Crippen LogP contribution >= 0.6 is 34.8 Å². The number of rotatable bonds is 4. The fourth-order valence-electron chi connectivity index (χ4n) is 2.71. The molecule has 0 aliphatic carbocycles. The molecule has 26 heavy (non-hydrogen) atoms. The molecule has 3 aromatic rings. The molecule has 0 fully saturated rings. The van der Waals surface area contributed by atoms with Crippen molar-refractivity contribution in [2.75, 3.05) is 0 Å². The molecule has 0 saturated carbocycles. The van der Waals surface area contributed by atoms with E-state index in [0.717, 1.165) is 15.6 Å². The van der Waals surface area contributed by atoms with E-state index in [1.807, 2.05) is 72.8 Å². The Morgan fingerprint density at radius 3 is 0.962 bits per heavy atom. The van der Waals surface area contributed by atoms with E-state index in [-0.39, 0.29) is 11.0 Å². The Labute approximate surface area is 177 Å². The van der Waals surface area contributed by atoms with Gasteiger partial charge in [0.05, 0.1) is 0 Å². The van der Waals surface area contributed by atoms with Crippen LogP contribution in [0.5, 0.6) is 0 Å². The van der Waals surface area contributed by atoms with Crippen molar-refractivity contribution in [3.8, 4) is 0 Å². The molecule has 0 unspecified atom stereocenters. The smallest absolute Gasteiger partial charge is 2.00 e. The van der Waals surface area contributed by atoms with Crippen LogP contribution in [0.4, 0.5) is 0 Å². The van der Waals surface area contributed by atoms with Crippen molar-refractivity contribution in [2.45, 2.75) is 0 Å². The zero-order valence-electron chi connectivity index (χ0n) is 13.2. The maximum absolute atomic E-state index is 6.16. The van der Waals surface area contributed by atoms with E-state index < -0.39 is 8.32 Å². The Balaban J connectivity index is 0.00000169. The van der Waals surface area contributed by atoms with Gasteiger partial charge in [0.15, 0.2) is 0 Å². The van der Waals surface area contributed by atoms with Crippen LogP contribution in [0, 0.1) is 0 Å². The fraction of sp³-hybridized carbons (Fsp3) is 0. The molecule has 0 N–H and O–H groups in total. The third kappa shape index (κ3) is 4.54. The molecule has 0 aliphatic rings. The zero-order chi connectivity index (χ0) is 17.2. The third-order valence-corrected chi connectivity index (χ3v) is 9.64. The molecule has 3 nitrogen and oxygen atoms in total. The second-order valence-electron chi connectivity index (χ2n) is 5.29. The number of hydrogen-bond acceptors (Lipinski definition) is 1. The van der Waals surface area contributed by atoms with Gasteiger partial charge in [0.2, 0.25) is 0 Å². The summed E-state index contributed by atoms with van der Waals surface area (Å²) in [7, 11) is -2.67. The summed E-state index contributed by atoms with van der Waals surface area (Å²) in [5, 5.41) is 5.37. The monoisotopic (exact) mass is 460 g/mol. The molecule has 0 atom stereocenters. The second-order valence-corrected chi connectivity index (χ2v) is 10.7. The van der Waals surface area contributed by atoms with Crippen LogP contribution in [0.1, 0.15) is 0 Å². The van der Waals surface area contributed by atoms with Gasteiger partial charge >= 0.3 is 168 Å². The minimum Gasteiger partial charge on any atom is -2.00 e. The quantitative estimate of drug-likeness (QED) is 0.430. The van der Waals surface area contributed by atoms with Gasteiger partial charge in [-0.2, -0.15) is 0 Å². The molecule has 0 saturated heterocycles. The van der Waals surface area contributed by atoms with E-state index >= 15 is 0 Å². The number of halogens is 3. The van der Waals surface area contributed by atoms with Gasteiger partial charge < -0.3 is 11.0 Å². The van der Waals surface area contributed by atoms with Crippen molar-refractivity contribution in [3.63, 3.8) is 0 Å². The summed E-state index contributed by atoms with van der Waals surface area (Å²) in [6, 6.07) is 23.4. The van der Waals surface area contributed by atoms with Gasteiger partial charge in [0.25, 0.3) is 0 Å². The minimum atomic E-state index is -2.67. The van der Waals surface area contributed by atoms with Crippen LogP contribution in [0.15, 0.2) is 72.8 Å². The van der Waals surface area contributed by atoms with E-state index in [2.05, 4.69) is 17.8 Å². The standard InChI is InChI=1S/C18H12Cl3OSi.2O.V/c19-13-1-7-16(8-2-13)23(22,17-9-3-14(20)4-10-17)18-11-5-15(21)6-12-18;;;/h1-12H;;;/q-1;2*-2;+5. The second kappa shape index (κ2) is 9.95. The topological polar surface area (TPSA) is 66.2 Å². The maximum atomic E-state index is 6.16. The first-order valence-corrected chi connectivity index (χ1v) is 10.8. The summed E-state index contributed by atoms with van der Waals surface area (Å²) < 4.78 is 6.16. The molecule has 3 rings (SSSR count). The summed E-state index contributed by atoms with van der Waals surface area (Å²) in [6.07, 6.45) is 0. The van der Waals surface area contributed by atoms with Crippen LogP contribution in [-0.4, -0.2) is 8.32 Å². The molecule has 0 amide bonds. The van der Waals surface area contributed by atoms with Gasteiger partial charge in [-0.15, -0.1) is 0 Å². The molecule has 8 heteroatoms. The van der Waals surface area contributed by atoms with Crippen molar-refractivity contribution in [1.82, 2.24) is 0 Å². The minimum absolute atomic E-state index is 0. The Bertz CT molecular complexity index is 717. The van der Waals surface area contributed by atoms with E-state index in [4.69, 9.17) is 38.2 Å². The van der Waals surface area contributed by atoms with Gasteiger partial charge in [0.1, 0.15) is 0 Å². The summed E-state index contributed by atoms with van der Waals surface area (Å²) in [4.78, 5) is 0. The van der Waals surface area contributed by atoms with Crippen LogP contribution < -0.4 is 15.6 Å². The number of benzene rings is 3. The van der Waals surface area contributed by atoms with Gasteiger partial charge in [-0.25, -0.2) is 0 Å². The zero-order valence-corrected chi connectivity index (χ0v) is 17.9. The van der Waals surface area contributed by atoms with Crippen LogP contribution in [0.2, 0.25) is 15.1 Å². The first-order chi connectivity index (χ1) is 11.6. The summed E-state index contributed by atoms with van der Waals surface area (Å²) >= 11 is 20.5. The largest absolute Gasteiger partial charge is 2.00 e. The molecule has 0 heterocycles. The fourth-order valence-corrected chi connectivity index (χ4v) is 7.80. The average Bonchev–Trinajstić information content (AvgIpc) is 2.60. The normalized spacial score (nSPS) is 10.7. The molecule has 132 valence electrons.